The molecule has 2 unspecified atom stereocenters. The second-order valence-corrected chi connectivity index (χ2v) is 14.0. The average Bonchev–Trinajstić information content (AvgIpc) is 2.83. The second-order valence-electron chi connectivity index (χ2n) is 13.1. The van der Waals surface area contributed by atoms with E-state index in [0.29, 0.717) is 18.3 Å². The Kier molecular flexibility index (Phi) is 18.5. The topological polar surface area (TPSA) is 64.6 Å². The Labute approximate surface area is 242 Å². The van der Waals surface area contributed by atoms with Gasteiger partial charge in [-0.3, -0.25) is 9.59 Å². The summed E-state index contributed by atoms with van der Waals surface area (Å²) in [5, 5.41) is 3.38. The standard InChI is InChI=1S/C31H62BNO4S/c1-9-13-17-29(7,16-12-4)26(34)24-36-25-27(35)33-28(5,6)22-23-37-30(8,38)20-21-31(32,18-14-10-2)19-15-11-3/h38H,9-25,32H2,1-8H3,(H,33,35). The lowest BCUT2D eigenvalue weighted by Crippen LogP contribution is -2.46. The monoisotopic (exact) mass is 555 g/mol. The number of ether oxygens (including phenoxy) is 2. The van der Waals surface area contributed by atoms with Crippen LogP contribution in [0.2, 0.25) is 5.31 Å². The Morgan fingerprint density at radius 1 is 0.737 bits per heavy atom. The molecular formula is C31H62BNO4S. The number of carbonyl (C=O) groups is 2. The Morgan fingerprint density at radius 2 is 1.29 bits per heavy atom. The van der Waals surface area contributed by atoms with Crippen molar-refractivity contribution in [3.05, 3.63) is 0 Å². The Hall–Kier alpha value is -0.525. The molecule has 2 atom stereocenters. The van der Waals surface area contributed by atoms with Gasteiger partial charge < -0.3 is 14.8 Å². The molecule has 0 aliphatic heterocycles. The fraction of sp³-hybridized carbons (Fsp3) is 0.935. The van der Waals surface area contributed by atoms with Crippen molar-refractivity contribution in [3.8, 4) is 0 Å². The van der Waals surface area contributed by atoms with Gasteiger partial charge in [0.25, 0.3) is 0 Å². The summed E-state index contributed by atoms with van der Waals surface area (Å²) in [5.41, 5.74) is -0.802. The van der Waals surface area contributed by atoms with Gasteiger partial charge in [-0.05, 0) is 46.5 Å². The summed E-state index contributed by atoms with van der Waals surface area (Å²) in [6.45, 7) is 17.2. The quantitative estimate of drug-likeness (QED) is 0.0737. The van der Waals surface area contributed by atoms with Gasteiger partial charge in [-0.1, -0.05) is 104 Å². The summed E-state index contributed by atoms with van der Waals surface area (Å²) < 4.78 is 11.7. The van der Waals surface area contributed by atoms with E-state index in [4.69, 9.17) is 22.1 Å². The molecule has 0 aromatic carbocycles. The summed E-state index contributed by atoms with van der Waals surface area (Å²) in [4.78, 5) is 24.8. The van der Waals surface area contributed by atoms with E-state index in [1.807, 2.05) is 20.8 Å². The van der Waals surface area contributed by atoms with Crippen LogP contribution in [0.4, 0.5) is 0 Å². The van der Waals surface area contributed by atoms with E-state index < -0.39 is 10.5 Å². The summed E-state index contributed by atoms with van der Waals surface area (Å²) in [6, 6.07) is 0. The van der Waals surface area contributed by atoms with Crippen LogP contribution in [0.5, 0.6) is 0 Å². The van der Waals surface area contributed by atoms with Crippen LogP contribution < -0.4 is 5.32 Å². The molecule has 0 saturated heterocycles. The average molecular weight is 556 g/mol. The van der Waals surface area contributed by atoms with Crippen LogP contribution in [0, 0.1) is 5.41 Å². The molecule has 0 fully saturated rings. The number of nitrogens with one attached hydrogen (secondary N) is 1. The highest BCUT2D eigenvalue weighted by molar-refractivity contribution is 7.81. The highest BCUT2D eigenvalue weighted by Gasteiger charge is 2.32. The Balaban J connectivity index is 4.58. The fourth-order valence-corrected chi connectivity index (χ4v) is 5.33. The van der Waals surface area contributed by atoms with Crippen molar-refractivity contribution in [3.63, 3.8) is 0 Å². The smallest absolute Gasteiger partial charge is 0.246 e. The summed E-state index contributed by atoms with van der Waals surface area (Å²) in [5.74, 6) is -0.105. The molecule has 5 nitrogen and oxygen atoms in total. The molecule has 7 heteroatoms. The lowest BCUT2D eigenvalue weighted by Gasteiger charge is -2.35. The van der Waals surface area contributed by atoms with Crippen molar-refractivity contribution in [1.29, 1.82) is 0 Å². The van der Waals surface area contributed by atoms with Crippen molar-refractivity contribution in [1.82, 2.24) is 5.32 Å². The van der Waals surface area contributed by atoms with Crippen LogP contribution in [0.3, 0.4) is 0 Å². The van der Waals surface area contributed by atoms with Gasteiger partial charge in [-0.2, -0.15) is 0 Å². The predicted octanol–water partition coefficient (Wildman–Crippen LogP) is 7.47. The van der Waals surface area contributed by atoms with Crippen LogP contribution in [0.25, 0.3) is 0 Å². The zero-order valence-corrected chi connectivity index (χ0v) is 27.5. The number of rotatable bonds is 24. The van der Waals surface area contributed by atoms with Crippen molar-refractivity contribution < 1.29 is 19.1 Å². The van der Waals surface area contributed by atoms with E-state index in [2.05, 4.69) is 47.8 Å². The van der Waals surface area contributed by atoms with E-state index in [1.165, 1.54) is 38.5 Å². The minimum absolute atomic E-state index is 0.00931. The minimum Gasteiger partial charge on any atom is -0.365 e. The van der Waals surface area contributed by atoms with Crippen LogP contribution in [-0.2, 0) is 19.1 Å². The molecule has 38 heavy (non-hydrogen) atoms. The first-order valence-electron chi connectivity index (χ1n) is 15.5. The minimum atomic E-state index is -0.494. The van der Waals surface area contributed by atoms with Crippen LogP contribution >= 0.6 is 12.6 Å². The van der Waals surface area contributed by atoms with E-state index in [9.17, 15) is 9.59 Å². The molecule has 0 bridgehead atoms. The third kappa shape index (κ3) is 16.5. The maximum atomic E-state index is 12.8. The highest BCUT2D eigenvalue weighted by Crippen LogP contribution is 2.42. The lowest BCUT2D eigenvalue weighted by molar-refractivity contribution is -0.136. The Morgan fingerprint density at radius 3 is 1.82 bits per heavy atom. The summed E-state index contributed by atoms with van der Waals surface area (Å²) in [6.07, 6.45) is 15.0. The molecule has 0 radical (unpaired) electrons. The van der Waals surface area contributed by atoms with Gasteiger partial charge in [0.05, 0.1) is 6.61 Å². The molecule has 0 rings (SSSR count). The van der Waals surface area contributed by atoms with Crippen LogP contribution in [0.15, 0.2) is 0 Å². The molecule has 1 amide bonds. The zero-order chi connectivity index (χ0) is 29.3. The largest absolute Gasteiger partial charge is 0.365 e. The van der Waals surface area contributed by atoms with Gasteiger partial charge in [0.2, 0.25) is 5.91 Å². The van der Waals surface area contributed by atoms with Gasteiger partial charge in [-0.15, -0.1) is 12.6 Å². The number of Topliss-reactive ketones (excluding diaryl/α,β-unsaturated/α-hetero) is 1. The molecular weight excluding hydrogens is 493 g/mol. The first-order chi connectivity index (χ1) is 17.7. The number of unbranched alkanes of at least 4 members (excludes halogenated alkanes) is 3. The third-order valence-corrected chi connectivity index (χ3v) is 8.45. The molecule has 224 valence electrons. The van der Waals surface area contributed by atoms with Gasteiger partial charge in [0.15, 0.2) is 5.78 Å². The molecule has 1 N–H and O–H groups in total. The number of ketones is 1. The molecule has 0 aromatic rings. The zero-order valence-electron chi connectivity index (χ0n) is 26.6. The van der Waals surface area contributed by atoms with E-state index in [-0.39, 0.29) is 30.3 Å². The van der Waals surface area contributed by atoms with Gasteiger partial charge in [-0.25, -0.2) is 0 Å². The fourth-order valence-electron chi connectivity index (χ4n) is 5.12. The third-order valence-electron chi connectivity index (χ3n) is 8.10. The first kappa shape index (κ1) is 37.5. The number of carbonyl (C=O) groups excluding carboxylic acids is 2. The van der Waals surface area contributed by atoms with Crippen molar-refractivity contribution in [2.75, 3.05) is 19.8 Å². The van der Waals surface area contributed by atoms with Gasteiger partial charge in [0, 0.05) is 11.0 Å². The Bertz CT molecular complexity index is 662. The second kappa shape index (κ2) is 18.8. The molecule has 0 spiro atoms. The lowest BCUT2D eigenvalue weighted by atomic mass is 9.60. The van der Waals surface area contributed by atoms with Gasteiger partial charge in [0.1, 0.15) is 26.0 Å². The van der Waals surface area contributed by atoms with Crippen molar-refractivity contribution in [2.45, 2.75) is 161 Å². The predicted molar refractivity (Wildman–Crippen MR) is 168 cm³/mol. The molecule has 0 aliphatic carbocycles. The van der Waals surface area contributed by atoms with Gasteiger partial charge >= 0.3 is 0 Å². The maximum Gasteiger partial charge on any atom is 0.246 e. The summed E-state index contributed by atoms with van der Waals surface area (Å²) in [7, 11) is 2.42. The number of hydrogen-bond donors (Lipinski definition) is 2. The van der Waals surface area contributed by atoms with Crippen molar-refractivity contribution in [2.24, 2.45) is 5.41 Å². The maximum absolute atomic E-state index is 12.8. The number of amides is 1. The first-order valence-corrected chi connectivity index (χ1v) is 15.9. The SMILES string of the molecule is BC(CCCC)(CCCC)CCC(C)(S)OCCC(C)(C)NC(=O)COCC(=O)C(C)(CCC)CCCC. The van der Waals surface area contributed by atoms with E-state index in [0.717, 1.165) is 44.9 Å². The van der Waals surface area contributed by atoms with E-state index in [1.54, 1.807) is 0 Å². The van der Waals surface area contributed by atoms with Crippen molar-refractivity contribution >= 4 is 32.2 Å². The van der Waals surface area contributed by atoms with E-state index >= 15 is 0 Å². The normalized spacial score (nSPS) is 15.6. The number of hydrogen-bond acceptors (Lipinski definition) is 5. The highest BCUT2D eigenvalue weighted by atomic mass is 32.1. The molecule has 0 saturated carbocycles. The molecule has 0 heterocycles. The van der Waals surface area contributed by atoms with Crippen LogP contribution in [-0.4, -0.2) is 49.8 Å². The molecule has 0 aromatic heterocycles. The van der Waals surface area contributed by atoms with Crippen LogP contribution in [0.1, 0.15) is 145 Å². The number of thiol groups is 1. The molecule has 0 aliphatic rings. The summed E-state index contributed by atoms with van der Waals surface area (Å²) >= 11 is 4.84.